The average Bonchev–Trinajstić information content (AvgIpc) is 2.90. The molecular weight excluding hydrogens is 359 g/mol. The maximum Gasteiger partial charge on any atom is 0.269 e. The molecule has 5 nitrogen and oxygen atoms in total. The van der Waals surface area contributed by atoms with Crippen LogP contribution in [0.1, 0.15) is 34.6 Å². The summed E-state index contributed by atoms with van der Waals surface area (Å²) in [5, 5.41) is 8.70. The van der Waals surface area contributed by atoms with E-state index >= 15 is 0 Å². The minimum Gasteiger partial charge on any atom is -0.348 e. The third-order valence-electron chi connectivity index (χ3n) is 4.57. The van der Waals surface area contributed by atoms with Crippen LogP contribution in [0.2, 0.25) is 10.0 Å². The van der Waals surface area contributed by atoms with Gasteiger partial charge in [0.25, 0.3) is 5.91 Å². The Hall–Kier alpha value is -1.56. The number of amides is 1. The molecule has 2 heterocycles. The Morgan fingerprint density at radius 2 is 2.00 bits per heavy atom. The van der Waals surface area contributed by atoms with E-state index in [4.69, 9.17) is 23.2 Å². The summed E-state index contributed by atoms with van der Waals surface area (Å²) in [6.45, 7) is 4.54. The molecule has 1 saturated heterocycles. The van der Waals surface area contributed by atoms with Crippen molar-refractivity contribution in [1.29, 1.82) is 0 Å². The van der Waals surface area contributed by atoms with Gasteiger partial charge in [-0.2, -0.15) is 5.10 Å². The predicted octanol–water partition coefficient (Wildman–Crippen LogP) is 3.43. The number of piperidine rings is 1. The molecule has 7 heteroatoms. The van der Waals surface area contributed by atoms with Crippen molar-refractivity contribution in [1.82, 2.24) is 20.0 Å². The van der Waals surface area contributed by atoms with Gasteiger partial charge in [-0.1, -0.05) is 29.3 Å². The van der Waals surface area contributed by atoms with Crippen LogP contribution in [-0.2, 0) is 13.6 Å². The number of hydrogen-bond acceptors (Lipinski definition) is 3. The molecule has 2 aromatic rings. The fourth-order valence-electron chi connectivity index (χ4n) is 3.21. The molecule has 3 rings (SSSR count). The van der Waals surface area contributed by atoms with Gasteiger partial charge in [-0.25, -0.2) is 0 Å². The van der Waals surface area contributed by atoms with Crippen LogP contribution in [0.5, 0.6) is 0 Å². The van der Waals surface area contributed by atoms with Gasteiger partial charge in [-0.3, -0.25) is 14.4 Å². The van der Waals surface area contributed by atoms with Crippen molar-refractivity contribution < 1.29 is 4.79 Å². The van der Waals surface area contributed by atoms with E-state index in [1.54, 1.807) is 17.8 Å². The van der Waals surface area contributed by atoms with E-state index in [-0.39, 0.29) is 11.9 Å². The fourth-order valence-corrected chi connectivity index (χ4v) is 3.68. The number of benzene rings is 1. The van der Waals surface area contributed by atoms with E-state index in [1.165, 1.54) is 0 Å². The van der Waals surface area contributed by atoms with Gasteiger partial charge in [0, 0.05) is 42.8 Å². The van der Waals surface area contributed by atoms with Gasteiger partial charge in [0.05, 0.1) is 5.69 Å². The Morgan fingerprint density at radius 3 is 2.60 bits per heavy atom. The van der Waals surface area contributed by atoms with E-state index in [1.807, 2.05) is 25.1 Å². The van der Waals surface area contributed by atoms with Crippen LogP contribution in [0.25, 0.3) is 0 Å². The Morgan fingerprint density at radius 1 is 1.28 bits per heavy atom. The van der Waals surface area contributed by atoms with Crippen LogP contribution in [0.4, 0.5) is 0 Å². The Balaban J connectivity index is 1.51. The zero-order valence-corrected chi connectivity index (χ0v) is 15.9. The van der Waals surface area contributed by atoms with Crippen molar-refractivity contribution >= 4 is 29.1 Å². The van der Waals surface area contributed by atoms with Gasteiger partial charge < -0.3 is 5.32 Å². The molecule has 0 spiro atoms. The molecular formula is C18H22Cl2N4O. The molecule has 1 aliphatic rings. The number of halogens is 2. The Bertz CT molecular complexity index is 766. The monoisotopic (exact) mass is 380 g/mol. The second-order valence-electron chi connectivity index (χ2n) is 6.55. The fraction of sp³-hybridized carbons (Fsp3) is 0.444. The van der Waals surface area contributed by atoms with Crippen molar-refractivity contribution in [2.75, 3.05) is 13.1 Å². The number of rotatable bonds is 4. The zero-order chi connectivity index (χ0) is 18.0. The predicted molar refractivity (Wildman–Crippen MR) is 100 cm³/mol. The van der Waals surface area contributed by atoms with Gasteiger partial charge >= 0.3 is 0 Å². The van der Waals surface area contributed by atoms with Gasteiger partial charge in [-0.05, 0) is 43.5 Å². The van der Waals surface area contributed by atoms with E-state index in [2.05, 4.69) is 15.3 Å². The summed E-state index contributed by atoms with van der Waals surface area (Å²) in [4.78, 5) is 14.7. The first-order valence-corrected chi connectivity index (χ1v) is 9.16. The lowest BCUT2D eigenvalue weighted by Gasteiger charge is -2.32. The van der Waals surface area contributed by atoms with Gasteiger partial charge in [0.2, 0.25) is 0 Å². The molecule has 0 saturated carbocycles. The van der Waals surface area contributed by atoms with Crippen molar-refractivity contribution in [2.45, 2.75) is 32.4 Å². The summed E-state index contributed by atoms with van der Waals surface area (Å²) in [6.07, 6.45) is 1.85. The number of likely N-dealkylation sites (tertiary alicyclic amines) is 1. The van der Waals surface area contributed by atoms with Crippen LogP contribution in [0, 0.1) is 6.92 Å². The molecule has 0 unspecified atom stereocenters. The third-order valence-corrected chi connectivity index (χ3v) is 5.15. The Kier molecular flexibility index (Phi) is 5.67. The van der Waals surface area contributed by atoms with Crippen LogP contribution in [0.15, 0.2) is 24.3 Å². The lowest BCUT2D eigenvalue weighted by atomic mass is 10.0. The number of carbonyl (C=O) groups is 1. The highest BCUT2D eigenvalue weighted by Crippen LogP contribution is 2.23. The molecule has 1 N–H and O–H groups in total. The number of nitrogens with one attached hydrogen (secondary N) is 1. The normalized spacial score (nSPS) is 16.2. The second kappa shape index (κ2) is 7.77. The molecule has 0 aliphatic carbocycles. The Labute approximate surface area is 157 Å². The number of aryl methyl sites for hydroxylation is 2. The highest BCUT2D eigenvalue weighted by molar-refractivity contribution is 6.35. The summed E-state index contributed by atoms with van der Waals surface area (Å²) >= 11 is 12.2. The van der Waals surface area contributed by atoms with Crippen LogP contribution >= 0.6 is 23.2 Å². The average molecular weight is 381 g/mol. The van der Waals surface area contributed by atoms with Crippen LogP contribution in [0.3, 0.4) is 0 Å². The highest BCUT2D eigenvalue weighted by Gasteiger charge is 2.23. The quantitative estimate of drug-likeness (QED) is 0.883. The van der Waals surface area contributed by atoms with E-state index < -0.39 is 0 Å². The first-order chi connectivity index (χ1) is 11.9. The molecule has 1 aromatic heterocycles. The lowest BCUT2D eigenvalue weighted by Crippen LogP contribution is -2.44. The number of hydrogen-bond donors (Lipinski definition) is 1. The summed E-state index contributed by atoms with van der Waals surface area (Å²) in [5.74, 6) is -0.0534. The molecule has 25 heavy (non-hydrogen) atoms. The van der Waals surface area contributed by atoms with Gasteiger partial charge in [-0.15, -0.1) is 0 Å². The smallest absolute Gasteiger partial charge is 0.269 e. The minimum atomic E-state index is -0.0534. The highest BCUT2D eigenvalue weighted by atomic mass is 35.5. The first kappa shape index (κ1) is 18.2. The summed E-state index contributed by atoms with van der Waals surface area (Å²) in [7, 11) is 1.79. The lowest BCUT2D eigenvalue weighted by molar-refractivity contribution is 0.0899. The second-order valence-corrected chi connectivity index (χ2v) is 7.40. The molecule has 0 bridgehead atoms. The molecule has 0 atom stereocenters. The van der Waals surface area contributed by atoms with Crippen LogP contribution in [-0.4, -0.2) is 39.7 Å². The molecule has 1 amide bonds. The molecule has 134 valence electrons. The minimum absolute atomic E-state index is 0.0534. The number of aromatic nitrogens is 2. The summed E-state index contributed by atoms with van der Waals surface area (Å²) < 4.78 is 1.63. The molecule has 1 aromatic carbocycles. The molecule has 1 aliphatic heterocycles. The van der Waals surface area contributed by atoms with Crippen molar-refractivity contribution in [2.24, 2.45) is 7.05 Å². The molecule has 0 radical (unpaired) electrons. The van der Waals surface area contributed by atoms with Crippen molar-refractivity contribution in [3.8, 4) is 0 Å². The van der Waals surface area contributed by atoms with Gasteiger partial charge in [0.1, 0.15) is 5.69 Å². The largest absolute Gasteiger partial charge is 0.348 e. The van der Waals surface area contributed by atoms with E-state index in [0.29, 0.717) is 15.7 Å². The zero-order valence-electron chi connectivity index (χ0n) is 14.4. The van der Waals surface area contributed by atoms with Crippen molar-refractivity contribution in [3.63, 3.8) is 0 Å². The molecule has 1 fully saturated rings. The maximum atomic E-state index is 12.4. The first-order valence-electron chi connectivity index (χ1n) is 8.40. The van der Waals surface area contributed by atoms with E-state index in [0.717, 1.165) is 43.7 Å². The SMILES string of the molecule is Cc1cc(C(=O)NC2CCN(Cc3ccc(Cl)cc3Cl)CC2)n(C)n1. The van der Waals surface area contributed by atoms with E-state index in [9.17, 15) is 4.79 Å². The number of nitrogens with zero attached hydrogens (tertiary/aromatic N) is 3. The maximum absolute atomic E-state index is 12.4. The number of carbonyl (C=O) groups excluding carboxylic acids is 1. The standard InChI is InChI=1S/C18H22Cl2N4O/c1-12-9-17(23(2)22-12)18(25)21-15-5-7-24(8-6-15)11-13-3-4-14(19)10-16(13)20/h3-4,9-10,15H,5-8,11H2,1-2H3,(H,21,25). The van der Waals surface area contributed by atoms with Crippen molar-refractivity contribution in [3.05, 3.63) is 51.3 Å². The topological polar surface area (TPSA) is 50.2 Å². The summed E-state index contributed by atoms with van der Waals surface area (Å²) in [6, 6.07) is 7.63. The van der Waals surface area contributed by atoms with Crippen LogP contribution < -0.4 is 5.32 Å². The third kappa shape index (κ3) is 4.54. The van der Waals surface area contributed by atoms with Gasteiger partial charge in [0.15, 0.2) is 0 Å². The summed E-state index contributed by atoms with van der Waals surface area (Å²) in [5.41, 5.74) is 2.54.